The van der Waals surface area contributed by atoms with Crippen molar-refractivity contribution in [3.8, 4) is 5.75 Å². The Morgan fingerprint density at radius 1 is 1.05 bits per heavy atom. The Bertz CT molecular complexity index is 664. The van der Waals surface area contributed by atoms with E-state index in [0.29, 0.717) is 16.3 Å². The summed E-state index contributed by atoms with van der Waals surface area (Å²) in [4.78, 5) is 0. The van der Waals surface area contributed by atoms with E-state index in [1.54, 1.807) is 6.92 Å². The highest BCUT2D eigenvalue weighted by molar-refractivity contribution is 6.35. The van der Waals surface area contributed by atoms with E-state index < -0.39 is 17.7 Å². The molecule has 112 valence electrons. The third-order valence-electron chi connectivity index (χ3n) is 3.05. The summed E-state index contributed by atoms with van der Waals surface area (Å²) in [7, 11) is 1.49. The summed E-state index contributed by atoms with van der Waals surface area (Å²) in [6.45, 7) is 1.74. The third kappa shape index (κ3) is 3.57. The first kappa shape index (κ1) is 15.9. The number of nitrogens with one attached hydrogen (secondary N) is 1. The van der Waals surface area contributed by atoms with Gasteiger partial charge >= 0.3 is 0 Å². The molecule has 0 amide bonds. The number of hydrogen-bond acceptors (Lipinski definition) is 2. The van der Waals surface area contributed by atoms with Gasteiger partial charge in [-0.2, -0.15) is 0 Å². The van der Waals surface area contributed by atoms with E-state index in [0.717, 1.165) is 0 Å². The summed E-state index contributed by atoms with van der Waals surface area (Å²) in [5, 5.41) is 3.20. The van der Waals surface area contributed by atoms with E-state index in [1.807, 2.05) is 0 Å². The lowest BCUT2D eigenvalue weighted by Gasteiger charge is -2.18. The number of halogens is 4. The van der Waals surface area contributed by atoms with E-state index in [2.05, 4.69) is 5.32 Å². The molecule has 0 aliphatic carbocycles. The zero-order valence-corrected chi connectivity index (χ0v) is 12.9. The lowest BCUT2D eigenvalue weighted by Crippen LogP contribution is -2.09. The Balaban J connectivity index is 2.30. The van der Waals surface area contributed by atoms with Gasteiger partial charge in [-0.1, -0.05) is 23.2 Å². The smallest absolute Gasteiger partial charge is 0.146 e. The lowest BCUT2D eigenvalue weighted by atomic mass is 10.1. The van der Waals surface area contributed by atoms with Gasteiger partial charge in [-0.3, -0.25) is 0 Å². The number of rotatable bonds is 4. The highest BCUT2D eigenvalue weighted by atomic mass is 35.5. The fourth-order valence-corrected chi connectivity index (χ4v) is 2.47. The van der Waals surface area contributed by atoms with E-state index in [9.17, 15) is 8.78 Å². The Morgan fingerprint density at radius 2 is 1.76 bits per heavy atom. The van der Waals surface area contributed by atoms with Crippen molar-refractivity contribution in [2.75, 3.05) is 12.4 Å². The zero-order valence-electron chi connectivity index (χ0n) is 11.4. The second kappa shape index (κ2) is 6.50. The van der Waals surface area contributed by atoms with Crippen LogP contribution in [0.1, 0.15) is 18.5 Å². The zero-order chi connectivity index (χ0) is 15.6. The minimum absolute atomic E-state index is 0.0523. The number of methoxy groups -OCH3 is 1. The van der Waals surface area contributed by atoms with Crippen LogP contribution in [0.25, 0.3) is 0 Å². The predicted octanol–water partition coefficient (Wildman–Crippen LogP) is 5.45. The lowest BCUT2D eigenvalue weighted by molar-refractivity contribution is 0.414. The van der Waals surface area contributed by atoms with Crippen molar-refractivity contribution in [2.45, 2.75) is 13.0 Å². The van der Waals surface area contributed by atoms with Crippen LogP contribution in [0.15, 0.2) is 30.3 Å². The molecule has 1 N–H and O–H groups in total. The van der Waals surface area contributed by atoms with E-state index in [4.69, 9.17) is 27.9 Å². The maximum absolute atomic E-state index is 13.8. The molecule has 0 heterocycles. The first-order valence-electron chi connectivity index (χ1n) is 6.17. The second-order valence-electron chi connectivity index (χ2n) is 4.50. The largest absolute Gasteiger partial charge is 0.497 e. The molecule has 0 spiro atoms. The van der Waals surface area contributed by atoms with Crippen molar-refractivity contribution in [3.05, 3.63) is 57.6 Å². The summed E-state index contributed by atoms with van der Waals surface area (Å²) in [5.74, 6) is -0.497. The third-order valence-corrected chi connectivity index (χ3v) is 3.67. The minimum atomic E-state index is -0.573. The summed E-state index contributed by atoms with van der Waals surface area (Å²) < 4.78 is 32.4. The Labute approximate surface area is 131 Å². The summed E-state index contributed by atoms with van der Waals surface area (Å²) in [5.41, 5.74) is 0.731. The monoisotopic (exact) mass is 331 g/mol. The van der Waals surface area contributed by atoms with Crippen LogP contribution in [0.5, 0.6) is 5.75 Å². The molecule has 2 nitrogen and oxygen atoms in total. The topological polar surface area (TPSA) is 21.3 Å². The molecule has 0 bridgehead atoms. The number of benzene rings is 2. The minimum Gasteiger partial charge on any atom is -0.497 e. The van der Waals surface area contributed by atoms with Gasteiger partial charge in [0.25, 0.3) is 0 Å². The number of hydrogen-bond donors (Lipinski definition) is 1. The molecular formula is C15H13Cl2F2NO. The van der Waals surface area contributed by atoms with Crippen LogP contribution < -0.4 is 10.1 Å². The van der Waals surface area contributed by atoms with Crippen LogP contribution >= 0.6 is 23.2 Å². The molecule has 6 heteroatoms. The van der Waals surface area contributed by atoms with Gasteiger partial charge in [0.15, 0.2) is 0 Å². The first-order valence-corrected chi connectivity index (χ1v) is 6.92. The maximum Gasteiger partial charge on any atom is 0.146 e. The molecule has 0 aromatic heterocycles. The Hall–Kier alpha value is -1.52. The van der Waals surface area contributed by atoms with Crippen LogP contribution in [0.3, 0.4) is 0 Å². The number of anilines is 1. The SMILES string of the molecule is COc1ccc(F)c(NC(C)c2cc(F)c(Cl)cc2Cl)c1. The van der Waals surface area contributed by atoms with Crippen molar-refractivity contribution < 1.29 is 13.5 Å². The van der Waals surface area contributed by atoms with Crippen LogP contribution in [0, 0.1) is 11.6 Å². The van der Waals surface area contributed by atoms with Gasteiger partial charge < -0.3 is 10.1 Å². The summed E-state index contributed by atoms with van der Waals surface area (Å²) >= 11 is 11.7. The fraction of sp³-hybridized carbons (Fsp3) is 0.200. The van der Waals surface area contributed by atoms with Gasteiger partial charge in [0.1, 0.15) is 17.4 Å². The summed E-state index contributed by atoms with van der Waals surface area (Å²) in [6, 6.07) is 6.48. The molecule has 0 saturated heterocycles. The highest BCUT2D eigenvalue weighted by Gasteiger charge is 2.15. The van der Waals surface area contributed by atoms with E-state index >= 15 is 0 Å². The molecule has 2 rings (SSSR count). The molecule has 0 aliphatic rings. The molecule has 21 heavy (non-hydrogen) atoms. The average Bonchev–Trinajstić information content (AvgIpc) is 2.45. The van der Waals surface area contributed by atoms with Gasteiger partial charge in [-0.05, 0) is 36.8 Å². The second-order valence-corrected chi connectivity index (χ2v) is 5.31. The van der Waals surface area contributed by atoms with Crippen molar-refractivity contribution in [1.82, 2.24) is 0 Å². The molecule has 0 radical (unpaired) electrons. The molecule has 2 aromatic rings. The van der Waals surface area contributed by atoms with E-state index in [-0.39, 0.29) is 10.7 Å². The molecule has 1 unspecified atom stereocenters. The van der Waals surface area contributed by atoms with Crippen molar-refractivity contribution in [2.24, 2.45) is 0 Å². The van der Waals surface area contributed by atoms with Crippen molar-refractivity contribution in [1.29, 1.82) is 0 Å². The fourth-order valence-electron chi connectivity index (χ4n) is 1.92. The molecule has 0 fully saturated rings. The van der Waals surface area contributed by atoms with Crippen LogP contribution in [0.4, 0.5) is 14.5 Å². The average molecular weight is 332 g/mol. The van der Waals surface area contributed by atoms with Crippen LogP contribution in [-0.4, -0.2) is 7.11 Å². The highest BCUT2D eigenvalue weighted by Crippen LogP contribution is 2.31. The Morgan fingerprint density at radius 3 is 2.43 bits per heavy atom. The van der Waals surface area contributed by atoms with Gasteiger partial charge in [0.05, 0.1) is 23.9 Å². The summed E-state index contributed by atoms with van der Waals surface area (Å²) in [6.07, 6.45) is 0. The van der Waals surface area contributed by atoms with Gasteiger partial charge in [0, 0.05) is 11.1 Å². The van der Waals surface area contributed by atoms with Crippen molar-refractivity contribution >= 4 is 28.9 Å². The maximum atomic E-state index is 13.8. The predicted molar refractivity (Wildman–Crippen MR) is 81.4 cm³/mol. The molecule has 2 aromatic carbocycles. The van der Waals surface area contributed by atoms with E-state index in [1.165, 1.54) is 37.4 Å². The molecule has 1 atom stereocenters. The Kier molecular flexibility index (Phi) is 4.91. The molecule has 0 saturated carbocycles. The molecule has 0 aliphatic heterocycles. The van der Waals surface area contributed by atoms with Gasteiger partial charge in [-0.25, -0.2) is 8.78 Å². The van der Waals surface area contributed by atoms with Gasteiger partial charge in [-0.15, -0.1) is 0 Å². The van der Waals surface area contributed by atoms with Crippen LogP contribution in [0.2, 0.25) is 10.0 Å². The van der Waals surface area contributed by atoms with Gasteiger partial charge in [0.2, 0.25) is 0 Å². The quantitative estimate of drug-likeness (QED) is 0.752. The molecular weight excluding hydrogens is 319 g/mol. The number of ether oxygens (including phenoxy) is 1. The first-order chi connectivity index (χ1) is 9.92. The standard InChI is InChI=1S/C15H13Cl2F2NO/c1-8(10-6-14(19)12(17)7-11(10)16)20-15-5-9(21-2)3-4-13(15)18/h3-8,20H,1-2H3. The van der Waals surface area contributed by atoms with Crippen LogP contribution in [-0.2, 0) is 0 Å². The normalized spacial score (nSPS) is 12.1. The van der Waals surface area contributed by atoms with Crippen molar-refractivity contribution in [3.63, 3.8) is 0 Å².